The Morgan fingerprint density at radius 2 is 1.76 bits per heavy atom. The summed E-state index contributed by atoms with van der Waals surface area (Å²) in [4.78, 5) is 27.2. The van der Waals surface area contributed by atoms with Crippen molar-refractivity contribution in [2.45, 2.75) is 95.3 Å². The molecule has 0 aliphatic carbocycles. The van der Waals surface area contributed by atoms with Crippen LogP contribution in [-0.4, -0.2) is 74.0 Å². The Bertz CT molecular complexity index is 1190. The van der Waals surface area contributed by atoms with E-state index < -0.39 is 48.8 Å². The average Bonchev–Trinajstić information content (AvgIpc) is 3.41. The smallest absolute Gasteiger partial charge is 0.359 e. The predicted molar refractivity (Wildman–Crippen MR) is 133 cm³/mol. The molecule has 2 aromatic heterocycles. The van der Waals surface area contributed by atoms with Gasteiger partial charge in [0.25, 0.3) is 0 Å². The maximum Gasteiger partial charge on any atom is 0.359 e. The van der Waals surface area contributed by atoms with Crippen molar-refractivity contribution >= 4 is 13.4 Å². The lowest BCUT2D eigenvalue weighted by molar-refractivity contribution is -0.0781. The molecule has 0 aromatic carbocycles. The maximum absolute atomic E-state index is 13.1. The Morgan fingerprint density at radius 3 is 2.27 bits per heavy atom. The maximum atomic E-state index is 13.1. The second-order valence-corrected chi connectivity index (χ2v) is 11.5. The summed E-state index contributed by atoms with van der Waals surface area (Å²) in [7, 11) is -2.87. The van der Waals surface area contributed by atoms with Crippen LogP contribution in [0.2, 0.25) is 0 Å². The Morgan fingerprint density at radius 1 is 1.14 bits per heavy atom. The topological polar surface area (TPSA) is 208 Å². The molecule has 0 amide bonds. The first-order valence-corrected chi connectivity index (χ1v) is 13.9. The number of hydrogen-bond acceptors (Lipinski definition) is 11. The van der Waals surface area contributed by atoms with Crippen molar-refractivity contribution in [1.82, 2.24) is 24.5 Å². The van der Waals surface area contributed by atoms with E-state index in [0.29, 0.717) is 5.69 Å². The highest BCUT2D eigenvalue weighted by atomic mass is 31.2. The molecule has 208 valence electrons. The van der Waals surface area contributed by atoms with Crippen molar-refractivity contribution in [1.29, 1.82) is 0 Å². The van der Waals surface area contributed by atoms with Gasteiger partial charge in [0.1, 0.15) is 23.7 Å². The molecular weight excluding hydrogens is 507 g/mol. The molecule has 0 radical (unpaired) electrons. The summed E-state index contributed by atoms with van der Waals surface area (Å²) in [5, 5.41) is 38.2. The third kappa shape index (κ3) is 5.51. The van der Waals surface area contributed by atoms with Gasteiger partial charge >= 0.3 is 13.3 Å². The van der Waals surface area contributed by atoms with Gasteiger partial charge in [-0.05, 0) is 25.7 Å². The van der Waals surface area contributed by atoms with Crippen molar-refractivity contribution in [3.8, 4) is 11.3 Å². The van der Waals surface area contributed by atoms with Crippen LogP contribution < -0.4 is 11.4 Å². The largest absolute Gasteiger partial charge is 0.388 e. The van der Waals surface area contributed by atoms with Gasteiger partial charge in [-0.25, -0.2) is 4.79 Å². The number of rotatable bonds is 11. The monoisotopic (exact) mass is 544 g/mol. The highest BCUT2D eigenvalue weighted by molar-refractivity contribution is 7.54. The second kappa shape index (κ2) is 10.9. The number of hydrogen-bond donors (Lipinski definition) is 5. The standard InChI is InChI=1S/C22H37N6O8P/c1-6-21(7-2,36-37(33,34)22(32,8-3)9-4)10-15-16(29)17(30)19(35-15)28-11-13(18(23)24-20(28)31)14-12-27(5)26-25-14/h11-12,15-17,19,29-30,32H,6-10H2,1-5H3,(H,33,34)(H2,23,24,31). The number of ether oxygens (including phenoxy) is 1. The minimum atomic E-state index is -4.52. The summed E-state index contributed by atoms with van der Waals surface area (Å²) < 4.78 is 27.3. The molecule has 0 spiro atoms. The number of aryl methyl sites for hydroxylation is 1. The van der Waals surface area contributed by atoms with Gasteiger partial charge in [-0.15, -0.1) is 5.10 Å². The molecule has 14 nitrogen and oxygen atoms in total. The lowest BCUT2D eigenvalue weighted by atomic mass is 9.88. The van der Waals surface area contributed by atoms with Gasteiger partial charge < -0.3 is 30.7 Å². The van der Waals surface area contributed by atoms with E-state index in [1.807, 2.05) is 0 Å². The molecular formula is C22H37N6O8P. The van der Waals surface area contributed by atoms with Gasteiger partial charge in [0.05, 0.1) is 23.5 Å². The number of nitrogens with zero attached hydrogens (tertiary/aromatic N) is 5. The Kier molecular flexibility index (Phi) is 8.64. The molecule has 37 heavy (non-hydrogen) atoms. The van der Waals surface area contributed by atoms with Gasteiger partial charge in [0, 0.05) is 19.7 Å². The third-order valence-corrected chi connectivity index (χ3v) is 9.63. The molecule has 1 aliphatic heterocycles. The molecule has 1 saturated heterocycles. The van der Waals surface area contributed by atoms with E-state index in [-0.39, 0.29) is 43.5 Å². The normalized spacial score (nSPS) is 24.4. The molecule has 1 aliphatic rings. The number of anilines is 1. The van der Waals surface area contributed by atoms with E-state index in [4.69, 9.17) is 15.0 Å². The van der Waals surface area contributed by atoms with Gasteiger partial charge in [0.15, 0.2) is 11.6 Å². The number of aliphatic hydroxyl groups is 3. The minimum Gasteiger partial charge on any atom is -0.388 e. The summed E-state index contributed by atoms with van der Waals surface area (Å²) in [6.07, 6.45) is -2.05. The van der Waals surface area contributed by atoms with Crippen LogP contribution in [0.25, 0.3) is 11.3 Å². The van der Waals surface area contributed by atoms with Crippen LogP contribution in [0.15, 0.2) is 17.2 Å². The van der Waals surface area contributed by atoms with Gasteiger partial charge in [-0.3, -0.25) is 18.3 Å². The summed E-state index contributed by atoms with van der Waals surface area (Å²) in [6, 6.07) is 0. The van der Waals surface area contributed by atoms with Crippen LogP contribution in [0.3, 0.4) is 0 Å². The van der Waals surface area contributed by atoms with Crippen molar-refractivity contribution in [3.05, 3.63) is 22.9 Å². The highest BCUT2D eigenvalue weighted by Gasteiger charge is 2.52. The van der Waals surface area contributed by atoms with Crippen LogP contribution in [-0.2, 0) is 20.9 Å². The van der Waals surface area contributed by atoms with E-state index in [9.17, 15) is 29.6 Å². The molecule has 15 heteroatoms. The van der Waals surface area contributed by atoms with E-state index in [0.717, 1.165) is 4.57 Å². The molecule has 5 unspecified atom stereocenters. The molecule has 0 saturated carbocycles. The lowest BCUT2D eigenvalue weighted by Crippen LogP contribution is -2.42. The summed E-state index contributed by atoms with van der Waals surface area (Å²) >= 11 is 0. The molecule has 6 N–H and O–H groups in total. The minimum absolute atomic E-state index is 0.00527. The predicted octanol–water partition coefficient (Wildman–Crippen LogP) is 0.900. The van der Waals surface area contributed by atoms with Crippen LogP contribution in [0.4, 0.5) is 5.82 Å². The Labute approximate surface area is 214 Å². The number of aliphatic hydroxyl groups excluding tert-OH is 2. The lowest BCUT2D eigenvalue weighted by Gasteiger charge is -2.40. The Hall–Kier alpha value is -2.19. The first-order valence-electron chi connectivity index (χ1n) is 12.3. The van der Waals surface area contributed by atoms with Crippen LogP contribution in [0.5, 0.6) is 0 Å². The SMILES string of the molecule is CCC(CC)(CC1OC(n2cc(-c3cn(C)nn3)c(N)nc2=O)C(O)C1O)OP(=O)(O)C(O)(CC)CC. The molecule has 3 rings (SSSR count). The zero-order valence-corrected chi connectivity index (χ0v) is 22.6. The van der Waals surface area contributed by atoms with E-state index in [1.54, 1.807) is 40.9 Å². The zero-order valence-electron chi connectivity index (χ0n) is 21.7. The van der Waals surface area contributed by atoms with E-state index in [2.05, 4.69) is 15.3 Å². The fourth-order valence-electron chi connectivity index (χ4n) is 4.53. The number of aromatic nitrogens is 5. The molecule has 3 heterocycles. The van der Waals surface area contributed by atoms with Gasteiger partial charge in [0.2, 0.25) is 0 Å². The first-order chi connectivity index (χ1) is 17.3. The van der Waals surface area contributed by atoms with E-state index >= 15 is 0 Å². The van der Waals surface area contributed by atoms with Gasteiger partial charge in [-0.1, -0.05) is 32.9 Å². The third-order valence-electron chi connectivity index (χ3n) is 7.31. The van der Waals surface area contributed by atoms with Crippen LogP contribution >= 0.6 is 7.60 Å². The summed E-state index contributed by atoms with van der Waals surface area (Å²) in [5.41, 5.74) is 4.45. The number of nitrogen functional groups attached to an aromatic ring is 1. The first kappa shape index (κ1) is 29.4. The quantitative estimate of drug-likeness (QED) is 0.250. The van der Waals surface area contributed by atoms with Crippen LogP contribution in [0, 0.1) is 0 Å². The fourth-order valence-corrected chi connectivity index (χ4v) is 6.36. The fraction of sp³-hybridized carbons (Fsp3) is 0.727. The average molecular weight is 545 g/mol. The van der Waals surface area contributed by atoms with Gasteiger partial charge in [-0.2, -0.15) is 4.98 Å². The second-order valence-electron chi connectivity index (χ2n) is 9.45. The van der Waals surface area contributed by atoms with Crippen molar-refractivity contribution < 1.29 is 34.0 Å². The van der Waals surface area contributed by atoms with E-state index in [1.165, 1.54) is 10.9 Å². The number of nitrogens with two attached hydrogens (primary N) is 1. The van der Waals surface area contributed by atoms with Crippen molar-refractivity contribution in [2.24, 2.45) is 7.05 Å². The Balaban J connectivity index is 1.92. The highest BCUT2D eigenvalue weighted by Crippen LogP contribution is 2.61. The van der Waals surface area contributed by atoms with Crippen LogP contribution in [0.1, 0.15) is 66.0 Å². The zero-order chi connectivity index (χ0) is 27.8. The summed E-state index contributed by atoms with van der Waals surface area (Å²) in [5.74, 6) is -0.0891. The molecule has 0 bridgehead atoms. The van der Waals surface area contributed by atoms with Crippen molar-refractivity contribution in [2.75, 3.05) is 5.73 Å². The molecule has 5 atom stereocenters. The van der Waals surface area contributed by atoms with Crippen molar-refractivity contribution in [3.63, 3.8) is 0 Å². The summed E-state index contributed by atoms with van der Waals surface area (Å²) in [6.45, 7) is 6.68. The molecule has 2 aromatic rings. The molecule has 1 fully saturated rings.